The van der Waals surface area contributed by atoms with Gasteiger partial charge in [0.15, 0.2) is 0 Å². The Balaban J connectivity index is 2.75. The fraction of sp³-hybridized carbons (Fsp3) is 0.500. The smallest absolute Gasteiger partial charge is 0.142 e. The van der Waals surface area contributed by atoms with Crippen LogP contribution >= 0.6 is 11.6 Å². The van der Waals surface area contributed by atoms with Crippen molar-refractivity contribution < 1.29 is 9.50 Å². The average Bonchev–Trinajstić information content (AvgIpc) is 2.22. The second kappa shape index (κ2) is 5.62. The third-order valence-corrected chi connectivity index (χ3v) is 2.94. The minimum absolute atomic E-state index is 0.104. The first-order valence-electron chi connectivity index (χ1n) is 5.26. The van der Waals surface area contributed by atoms with Gasteiger partial charge in [-0.05, 0) is 38.6 Å². The third kappa shape index (κ3) is 3.74. The molecular formula is C12H17ClFNO. The molecule has 1 aromatic carbocycles. The Morgan fingerprint density at radius 2 is 2.19 bits per heavy atom. The van der Waals surface area contributed by atoms with E-state index in [0.29, 0.717) is 24.9 Å². The fourth-order valence-electron chi connectivity index (χ4n) is 1.58. The molecule has 0 aliphatic heterocycles. The van der Waals surface area contributed by atoms with Gasteiger partial charge in [-0.2, -0.15) is 0 Å². The summed E-state index contributed by atoms with van der Waals surface area (Å²) in [7, 11) is 1.82. The summed E-state index contributed by atoms with van der Waals surface area (Å²) in [5.74, 6) is -0.441. The van der Waals surface area contributed by atoms with Gasteiger partial charge in [0.05, 0.1) is 10.6 Å². The molecule has 0 saturated carbocycles. The lowest BCUT2D eigenvalue weighted by Crippen LogP contribution is -2.31. The van der Waals surface area contributed by atoms with E-state index in [4.69, 9.17) is 11.6 Å². The summed E-state index contributed by atoms with van der Waals surface area (Å²) in [5.41, 5.74) is -0.233. The Bertz CT molecular complexity index is 355. The van der Waals surface area contributed by atoms with Crippen molar-refractivity contribution in [1.29, 1.82) is 0 Å². The first kappa shape index (κ1) is 13.4. The quantitative estimate of drug-likeness (QED) is 0.835. The molecule has 4 heteroatoms. The standard InChI is InChI=1S/C12H17ClFNO/c1-12(16,6-7-15-2)8-9-4-3-5-10(14)11(9)13/h3-5,15-16H,6-8H2,1-2H3. The van der Waals surface area contributed by atoms with Crippen molar-refractivity contribution in [3.05, 3.63) is 34.6 Å². The van der Waals surface area contributed by atoms with Gasteiger partial charge in [-0.15, -0.1) is 0 Å². The lowest BCUT2D eigenvalue weighted by atomic mass is 9.93. The zero-order chi connectivity index (χ0) is 12.2. The molecule has 0 aromatic heterocycles. The van der Waals surface area contributed by atoms with Gasteiger partial charge in [0.2, 0.25) is 0 Å². The Labute approximate surface area is 100 Å². The number of nitrogens with one attached hydrogen (secondary N) is 1. The highest BCUT2D eigenvalue weighted by Crippen LogP contribution is 2.25. The number of aliphatic hydroxyl groups is 1. The Kier molecular flexibility index (Phi) is 4.71. The van der Waals surface area contributed by atoms with Crippen LogP contribution in [0.5, 0.6) is 0 Å². The summed E-state index contributed by atoms with van der Waals surface area (Å²) in [6.07, 6.45) is 0.946. The van der Waals surface area contributed by atoms with Crippen LogP contribution < -0.4 is 5.32 Å². The van der Waals surface area contributed by atoms with Crippen LogP contribution in [-0.2, 0) is 6.42 Å². The molecule has 1 aromatic rings. The van der Waals surface area contributed by atoms with Gasteiger partial charge in [-0.25, -0.2) is 4.39 Å². The molecule has 0 aliphatic rings. The van der Waals surface area contributed by atoms with Crippen molar-refractivity contribution in [3.8, 4) is 0 Å². The molecule has 0 saturated heterocycles. The maximum atomic E-state index is 13.2. The van der Waals surface area contributed by atoms with Gasteiger partial charge < -0.3 is 10.4 Å². The van der Waals surface area contributed by atoms with Crippen molar-refractivity contribution in [2.45, 2.75) is 25.4 Å². The second-order valence-electron chi connectivity index (χ2n) is 4.24. The molecule has 0 aliphatic carbocycles. The first-order chi connectivity index (χ1) is 7.46. The predicted octanol–water partition coefficient (Wildman–Crippen LogP) is 2.38. The highest BCUT2D eigenvalue weighted by atomic mass is 35.5. The number of benzene rings is 1. The van der Waals surface area contributed by atoms with E-state index in [1.165, 1.54) is 6.07 Å². The van der Waals surface area contributed by atoms with Crippen LogP contribution in [0.2, 0.25) is 5.02 Å². The lowest BCUT2D eigenvalue weighted by molar-refractivity contribution is 0.0520. The molecule has 0 heterocycles. The minimum Gasteiger partial charge on any atom is -0.390 e. The van der Waals surface area contributed by atoms with Crippen molar-refractivity contribution in [3.63, 3.8) is 0 Å². The van der Waals surface area contributed by atoms with Crippen molar-refractivity contribution in [2.75, 3.05) is 13.6 Å². The highest BCUT2D eigenvalue weighted by Gasteiger charge is 2.22. The van der Waals surface area contributed by atoms with Gasteiger partial charge in [0, 0.05) is 6.42 Å². The maximum absolute atomic E-state index is 13.2. The van der Waals surface area contributed by atoms with Crippen LogP contribution in [0.15, 0.2) is 18.2 Å². The zero-order valence-corrected chi connectivity index (χ0v) is 10.3. The normalized spacial score (nSPS) is 14.8. The number of halogens is 2. The molecular weight excluding hydrogens is 229 g/mol. The Morgan fingerprint density at radius 3 is 2.81 bits per heavy atom. The van der Waals surface area contributed by atoms with Gasteiger partial charge >= 0.3 is 0 Å². The van der Waals surface area contributed by atoms with Crippen molar-refractivity contribution in [2.24, 2.45) is 0 Å². The Hall–Kier alpha value is -0.640. The van der Waals surface area contributed by atoms with E-state index in [-0.39, 0.29) is 5.02 Å². The average molecular weight is 246 g/mol. The van der Waals surface area contributed by atoms with Crippen LogP contribution in [0.3, 0.4) is 0 Å². The molecule has 1 unspecified atom stereocenters. The van der Waals surface area contributed by atoms with Gasteiger partial charge in [-0.1, -0.05) is 23.7 Å². The van der Waals surface area contributed by atoms with E-state index in [1.807, 2.05) is 7.05 Å². The molecule has 0 bridgehead atoms. The fourth-order valence-corrected chi connectivity index (χ4v) is 1.77. The van der Waals surface area contributed by atoms with Gasteiger partial charge in [0.25, 0.3) is 0 Å². The highest BCUT2D eigenvalue weighted by molar-refractivity contribution is 6.31. The molecule has 1 rings (SSSR count). The van der Waals surface area contributed by atoms with Crippen molar-refractivity contribution in [1.82, 2.24) is 5.32 Å². The predicted molar refractivity (Wildman–Crippen MR) is 64.3 cm³/mol. The molecule has 0 radical (unpaired) electrons. The van der Waals surface area contributed by atoms with Crippen LogP contribution in [0.1, 0.15) is 18.9 Å². The third-order valence-electron chi connectivity index (χ3n) is 2.52. The first-order valence-corrected chi connectivity index (χ1v) is 5.64. The SMILES string of the molecule is CNCCC(C)(O)Cc1cccc(F)c1Cl. The van der Waals surface area contributed by atoms with E-state index in [2.05, 4.69) is 5.32 Å². The van der Waals surface area contributed by atoms with Crippen LogP contribution in [0, 0.1) is 5.82 Å². The molecule has 16 heavy (non-hydrogen) atoms. The zero-order valence-electron chi connectivity index (χ0n) is 9.56. The second-order valence-corrected chi connectivity index (χ2v) is 4.62. The maximum Gasteiger partial charge on any atom is 0.142 e. The molecule has 0 fully saturated rings. The number of hydrogen-bond acceptors (Lipinski definition) is 2. The Morgan fingerprint density at radius 1 is 1.50 bits per heavy atom. The molecule has 0 spiro atoms. The van der Waals surface area contributed by atoms with E-state index in [9.17, 15) is 9.50 Å². The van der Waals surface area contributed by atoms with Gasteiger partial charge in [0.1, 0.15) is 5.82 Å². The molecule has 2 nitrogen and oxygen atoms in total. The summed E-state index contributed by atoms with van der Waals surface area (Å²) in [6, 6.07) is 4.65. The summed E-state index contributed by atoms with van der Waals surface area (Å²) in [5, 5.41) is 13.2. The summed E-state index contributed by atoms with van der Waals surface area (Å²) < 4.78 is 13.2. The van der Waals surface area contributed by atoms with E-state index >= 15 is 0 Å². The summed E-state index contributed by atoms with van der Waals surface area (Å²) in [6.45, 7) is 2.44. The molecule has 1 atom stereocenters. The van der Waals surface area contributed by atoms with Gasteiger partial charge in [-0.3, -0.25) is 0 Å². The van der Waals surface area contributed by atoms with Crippen LogP contribution in [0.4, 0.5) is 4.39 Å². The molecule has 2 N–H and O–H groups in total. The number of rotatable bonds is 5. The molecule has 0 amide bonds. The van der Waals surface area contributed by atoms with Crippen LogP contribution in [-0.4, -0.2) is 24.3 Å². The number of hydrogen-bond donors (Lipinski definition) is 2. The molecule has 90 valence electrons. The van der Waals surface area contributed by atoms with E-state index in [1.54, 1.807) is 19.1 Å². The van der Waals surface area contributed by atoms with E-state index < -0.39 is 11.4 Å². The monoisotopic (exact) mass is 245 g/mol. The minimum atomic E-state index is -0.875. The summed E-state index contributed by atoms with van der Waals surface area (Å²) in [4.78, 5) is 0. The van der Waals surface area contributed by atoms with Crippen LogP contribution in [0.25, 0.3) is 0 Å². The van der Waals surface area contributed by atoms with Crippen molar-refractivity contribution >= 4 is 11.6 Å². The summed E-state index contributed by atoms with van der Waals surface area (Å²) >= 11 is 5.83. The lowest BCUT2D eigenvalue weighted by Gasteiger charge is -2.23. The largest absolute Gasteiger partial charge is 0.390 e. The van der Waals surface area contributed by atoms with E-state index in [0.717, 1.165) is 0 Å². The topological polar surface area (TPSA) is 32.3 Å².